The number of aryl methyl sites for hydroxylation is 2. The van der Waals surface area contributed by atoms with E-state index >= 15 is 0 Å². The molecule has 114 valence electrons. The molecule has 0 N–H and O–H groups in total. The first-order chi connectivity index (χ1) is 10.2. The topological polar surface area (TPSA) is 29.5 Å². The number of Topliss-reactive ketones (excluding diaryl/α,β-unsaturated/α-hetero) is 1. The predicted molar refractivity (Wildman–Crippen MR) is 84.1 cm³/mol. The fourth-order valence-electron chi connectivity index (χ4n) is 3.54. The summed E-state index contributed by atoms with van der Waals surface area (Å²) in [5, 5.41) is 0. The minimum Gasteiger partial charge on any atom is -0.493 e. The molecule has 0 saturated carbocycles. The first-order valence-electron chi connectivity index (χ1n) is 8.16. The molecular weight excluding hydrogens is 262 g/mol. The number of hydrogen-bond donors (Lipinski definition) is 0. The maximum Gasteiger partial charge on any atom is 0.171 e. The molecule has 1 aromatic rings. The van der Waals surface area contributed by atoms with Gasteiger partial charge in [-0.25, -0.2) is 0 Å². The molecule has 2 heterocycles. The number of rotatable bonds is 2. The van der Waals surface area contributed by atoms with Crippen molar-refractivity contribution in [1.29, 1.82) is 0 Å². The maximum absolute atomic E-state index is 13.0. The second-order valence-electron chi connectivity index (χ2n) is 6.46. The second-order valence-corrected chi connectivity index (χ2v) is 6.46. The van der Waals surface area contributed by atoms with Gasteiger partial charge >= 0.3 is 0 Å². The number of likely N-dealkylation sites (tertiary alicyclic amines) is 1. The molecule has 0 radical (unpaired) electrons. The Bertz CT molecular complexity index is 532. The number of ketones is 1. The van der Waals surface area contributed by atoms with Gasteiger partial charge in [0.2, 0.25) is 0 Å². The van der Waals surface area contributed by atoms with Crippen molar-refractivity contribution >= 4 is 5.78 Å². The number of carbonyl (C=O) groups excluding carboxylic acids is 1. The predicted octanol–water partition coefficient (Wildman–Crippen LogP) is 3.37. The van der Waals surface area contributed by atoms with E-state index in [0.717, 1.165) is 48.5 Å². The van der Waals surface area contributed by atoms with Crippen LogP contribution in [0.1, 0.15) is 47.2 Å². The number of carbonyl (C=O) groups is 1. The molecule has 0 bridgehead atoms. The summed E-state index contributed by atoms with van der Waals surface area (Å²) in [6.45, 7) is 7.88. The molecule has 2 aliphatic heterocycles. The summed E-state index contributed by atoms with van der Waals surface area (Å²) in [6, 6.07) is 4.09. The van der Waals surface area contributed by atoms with Gasteiger partial charge < -0.3 is 9.64 Å². The van der Waals surface area contributed by atoms with E-state index in [0.29, 0.717) is 6.61 Å². The average molecular weight is 287 g/mol. The molecule has 0 amide bonds. The van der Waals surface area contributed by atoms with Gasteiger partial charge in [0.05, 0.1) is 12.2 Å². The van der Waals surface area contributed by atoms with Gasteiger partial charge in [0.15, 0.2) is 5.78 Å². The van der Waals surface area contributed by atoms with Crippen molar-refractivity contribution in [3.8, 4) is 5.75 Å². The van der Waals surface area contributed by atoms with Crippen LogP contribution in [0.4, 0.5) is 0 Å². The highest BCUT2D eigenvalue weighted by Crippen LogP contribution is 2.33. The monoisotopic (exact) mass is 287 g/mol. The molecule has 1 unspecified atom stereocenters. The first-order valence-corrected chi connectivity index (χ1v) is 8.16. The van der Waals surface area contributed by atoms with Crippen LogP contribution in [0, 0.1) is 19.8 Å². The fourth-order valence-corrected chi connectivity index (χ4v) is 3.54. The Morgan fingerprint density at radius 2 is 1.86 bits per heavy atom. The summed E-state index contributed by atoms with van der Waals surface area (Å²) in [7, 11) is 0. The Morgan fingerprint density at radius 3 is 2.62 bits per heavy atom. The largest absolute Gasteiger partial charge is 0.493 e. The van der Waals surface area contributed by atoms with E-state index in [1.54, 1.807) is 0 Å². The van der Waals surface area contributed by atoms with Gasteiger partial charge in [-0.3, -0.25) is 4.79 Å². The van der Waals surface area contributed by atoms with Crippen LogP contribution in [0.25, 0.3) is 0 Å². The molecule has 3 rings (SSSR count). The molecule has 0 spiro atoms. The van der Waals surface area contributed by atoms with Crippen molar-refractivity contribution in [2.45, 2.75) is 39.5 Å². The minimum atomic E-state index is 0.0878. The van der Waals surface area contributed by atoms with Crippen molar-refractivity contribution in [2.75, 3.05) is 26.2 Å². The Morgan fingerprint density at radius 1 is 1.14 bits per heavy atom. The van der Waals surface area contributed by atoms with Crippen molar-refractivity contribution in [3.05, 3.63) is 28.8 Å². The van der Waals surface area contributed by atoms with Crippen LogP contribution < -0.4 is 4.74 Å². The Labute approximate surface area is 127 Å². The third kappa shape index (κ3) is 2.98. The van der Waals surface area contributed by atoms with Crippen molar-refractivity contribution in [1.82, 2.24) is 4.90 Å². The lowest BCUT2D eigenvalue weighted by Gasteiger charge is -2.29. The third-order valence-electron chi connectivity index (χ3n) is 4.82. The molecule has 1 atom stereocenters. The summed E-state index contributed by atoms with van der Waals surface area (Å²) in [5.74, 6) is 1.19. The molecule has 3 heteroatoms. The van der Waals surface area contributed by atoms with Crippen LogP contribution in [0.15, 0.2) is 12.1 Å². The number of nitrogens with zero attached hydrogens (tertiary/aromatic N) is 1. The van der Waals surface area contributed by atoms with Crippen LogP contribution in [0.2, 0.25) is 0 Å². The van der Waals surface area contributed by atoms with Crippen molar-refractivity contribution in [2.24, 2.45) is 5.92 Å². The Balaban J connectivity index is 1.84. The summed E-state index contributed by atoms with van der Waals surface area (Å²) >= 11 is 0. The molecule has 0 aromatic heterocycles. The number of fused-ring (bicyclic) bond motifs is 1. The summed E-state index contributed by atoms with van der Waals surface area (Å²) in [6.07, 6.45) is 4.71. The van der Waals surface area contributed by atoms with E-state index in [1.165, 1.54) is 19.3 Å². The van der Waals surface area contributed by atoms with Crippen LogP contribution in [0.3, 0.4) is 0 Å². The molecule has 1 saturated heterocycles. The third-order valence-corrected chi connectivity index (χ3v) is 4.82. The lowest BCUT2D eigenvalue weighted by atomic mass is 9.90. The van der Waals surface area contributed by atoms with Crippen molar-refractivity contribution < 1.29 is 9.53 Å². The summed E-state index contributed by atoms with van der Waals surface area (Å²) in [5.41, 5.74) is 2.95. The number of ether oxygens (including phenoxy) is 1. The fraction of sp³-hybridized carbons (Fsp3) is 0.611. The SMILES string of the molecule is Cc1ccc(C)c2c1OCCC(CN1CCCCC1)C2=O. The standard InChI is InChI=1S/C18H25NO2/c1-13-6-7-14(2)18-16(13)17(20)15(8-11-21-18)12-19-9-4-3-5-10-19/h6-7,15H,3-5,8-12H2,1-2H3. The van der Waals surface area contributed by atoms with Crippen LogP contribution in [0.5, 0.6) is 5.75 Å². The zero-order valence-corrected chi connectivity index (χ0v) is 13.2. The molecule has 21 heavy (non-hydrogen) atoms. The van der Waals surface area contributed by atoms with Gasteiger partial charge in [-0.1, -0.05) is 18.6 Å². The van der Waals surface area contributed by atoms with E-state index in [4.69, 9.17) is 4.74 Å². The van der Waals surface area contributed by atoms with Gasteiger partial charge in [0, 0.05) is 12.5 Å². The molecule has 1 fully saturated rings. The second kappa shape index (κ2) is 6.18. The van der Waals surface area contributed by atoms with E-state index in [-0.39, 0.29) is 11.7 Å². The van der Waals surface area contributed by atoms with Gasteiger partial charge in [0.25, 0.3) is 0 Å². The lowest BCUT2D eigenvalue weighted by molar-refractivity contribution is 0.0859. The number of hydrogen-bond acceptors (Lipinski definition) is 3. The zero-order chi connectivity index (χ0) is 14.8. The molecule has 3 nitrogen and oxygen atoms in total. The Kier molecular flexibility index (Phi) is 4.29. The molecule has 0 aliphatic carbocycles. The van der Waals surface area contributed by atoms with Gasteiger partial charge in [-0.2, -0.15) is 0 Å². The normalized spacial score (nSPS) is 23.3. The first kappa shape index (κ1) is 14.6. The van der Waals surface area contributed by atoms with Crippen LogP contribution >= 0.6 is 0 Å². The van der Waals surface area contributed by atoms with Crippen LogP contribution in [-0.4, -0.2) is 36.9 Å². The van der Waals surface area contributed by atoms with E-state index in [2.05, 4.69) is 4.90 Å². The zero-order valence-electron chi connectivity index (χ0n) is 13.2. The maximum atomic E-state index is 13.0. The van der Waals surface area contributed by atoms with Crippen LogP contribution in [-0.2, 0) is 0 Å². The smallest absolute Gasteiger partial charge is 0.171 e. The minimum absolute atomic E-state index is 0.0878. The highest BCUT2D eigenvalue weighted by molar-refractivity contribution is 6.02. The molecular formula is C18H25NO2. The highest BCUT2D eigenvalue weighted by atomic mass is 16.5. The lowest BCUT2D eigenvalue weighted by Crippen LogP contribution is -2.37. The highest BCUT2D eigenvalue weighted by Gasteiger charge is 2.30. The van der Waals surface area contributed by atoms with Crippen molar-refractivity contribution in [3.63, 3.8) is 0 Å². The summed E-state index contributed by atoms with van der Waals surface area (Å²) in [4.78, 5) is 15.4. The molecule has 2 aliphatic rings. The average Bonchev–Trinajstić information content (AvgIpc) is 2.65. The quantitative estimate of drug-likeness (QED) is 0.835. The van der Waals surface area contributed by atoms with E-state index in [9.17, 15) is 4.79 Å². The molecule has 1 aromatic carbocycles. The van der Waals surface area contributed by atoms with Gasteiger partial charge in [-0.15, -0.1) is 0 Å². The van der Waals surface area contributed by atoms with Gasteiger partial charge in [-0.05, 0) is 57.3 Å². The Hall–Kier alpha value is -1.35. The summed E-state index contributed by atoms with van der Waals surface area (Å²) < 4.78 is 5.91. The van der Waals surface area contributed by atoms with E-state index < -0.39 is 0 Å². The van der Waals surface area contributed by atoms with Gasteiger partial charge in [0.1, 0.15) is 5.75 Å². The number of piperidine rings is 1. The number of benzene rings is 1. The van der Waals surface area contributed by atoms with E-state index in [1.807, 2.05) is 26.0 Å².